The second-order valence-electron chi connectivity index (χ2n) is 5.02. The lowest BCUT2D eigenvalue weighted by Crippen LogP contribution is -1.94. The summed E-state index contributed by atoms with van der Waals surface area (Å²) in [5.41, 5.74) is 4.64. The third-order valence-electron chi connectivity index (χ3n) is 3.38. The average molecular weight is 258 g/mol. The maximum Gasteiger partial charge on any atom is 0.157 e. The Hall–Kier alpha value is -2.16. The maximum atomic E-state index is 9.76. The average Bonchev–Trinajstić information content (AvgIpc) is 2.33. The normalized spacial score (nSPS) is 10.7. The summed E-state index contributed by atoms with van der Waals surface area (Å²) in [5.74, 6) is 0.126. The highest BCUT2D eigenvalue weighted by Crippen LogP contribution is 2.30. The zero-order chi connectivity index (χ0) is 14.2. The molecule has 2 rings (SSSR count). The summed E-state index contributed by atoms with van der Waals surface area (Å²) in [6, 6.07) is 7.02. The van der Waals surface area contributed by atoms with Gasteiger partial charge in [-0.05, 0) is 67.1 Å². The molecule has 2 aromatic carbocycles. The van der Waals surface area contributed by atoms with Crippen molar-refractivity contribution in [1.29, 1.82) is 0 Å². The quantitative estimate of drug-likeness (QED) is 0.724. The van der Waals surface area contributed by atoms with Gasteiger partial charge in [0.1, 0.15) is 5.75 Å². The highest BCUT2D eigenvalue weighted by Gasteiger charge is 2.08. The molecule has 0 aliphatic carbocycles. The van der Waals surface area contributed by atoms with Crippen molar-refractivity contribution in [1.82, 2.24) is 0 Å². The molecule has 100 valence electrons. The largest absolute Gasteiger partial charge is 0.507 e. The Labute approximate surface area is 112 Å². The van der Waals surface area contributed by atoms with Crippen LogP contribution in [0.15, 0.2) is 24.3 Å². The smallest absolute Gasteiger partial charge is 0.157 e. The van der Waals surface area contributed by atoms with E-state index in [4.69, 9.17) is 0 Å². The number of aryl methyl sites for hydroxylation is 3. The van der Waals surface area contributed by atoms with E-state index < -0.39 is 0 Å². The molecule has 0 saturated heterocycles. The van der Waals surface area contributed by atoms with Gasteiger partial charge in [0.15, 0.2) is 11.5 Å². The van der Waals surface area contributed by atoms with Gasteiger partial charge in [0.05, 0.1) is 0 Å². The second-order valence-corrected chi connectivity index (χ2v) is 5.02. The Kier molecular flexibility index (Phi) is 3.38. The lowest BCUT2D eigenvalue weighted by molar-refractivity contribution is 0.403. The number of hydrogen-bond donors (Lipinski definition) is 3. The van der Waals surface area contributed by atoms with E-state index in [1.54, 1.807) is 12.1 Å². The highest BCUT2D eigenvalue weighted by molar-refractivity contribution is 5.48. The first-order valence-electron chi connectivity index (χ1n) is 6.19. The Balaban J connectivity index is 2.39. The molecule has 3 nitrogen and oxygen atoms in total. The van der Waals surface area contributed by atoms with E-state index in [1.165, 1.54) is 0 Å². The van der Waals surface area contributed by atoms with Crippen LogP contribution in [0.25, 0.3) is 0 Å². The van der Waals surface area contributed by atoms with Gasteiger partial charge in [0, 0.05) is 0 Å². The Morgan fingerprint density at radius 2 is 1.26 bits per heavy atom. The predicted octanol–water partition coefficient (Wildman–Crippen LogP) is 3.32. The number of hydrogen-bond acceptors (Lipinski definition) is 3. The minimum absolute atomic E-state index is 0.0979. The molecule has 0 aliphatic rings. The summed E-state index contributed by atoms with van der Waals surface area (Å²) in [5, 5.41) is 28.8. The van der Waals surface area contributed by atoms with Crippen LogP contribution in [0.3, 0.4) is 0 Å². The lowest BCUT2D eigenvalue weighted by Gasteiger charge is -2.11. The zero-order valence-corrected chi connectivity index (χ0v) is 11.4. The lowest BCUT2D eigenvalue weighted by atomic mass is 9.97. The van der Waals surface area contributed by atoms with Gasteiger partial charge in [-0.15, -0.1) is 0 Å². The first kappa shape index (κ1) is 13.3. The van der Waals surface area contributed by atoms with Crippen LogP contribution in [0.1, 0.15) is 27.8 Å². The van der Waals surface area contributed by atoms with Crippen molar-refractivity contribution in [2.75, 3.05) is 0 Å². The molecule has 0 radical (unpaired) electrons. The van der Waals surface area contributed by atoms with Crippen LogP contribution in [0.2, 0.25) is 0 Å². The van der Waals surface area contributed by atoms with Crippen LogP contribution in [0, 0.1) is 20.8 Å². The fourth-order valence-corrected chi connectivity index (χ4v) is 2.28. The van der Waals surface area contributed by atoms with E-state index in [-0.39, 0.29) is 11.5 Å². The van der Waals surface area contributed by atoms with Crippen LogP contribution in [0.4, 0.5) is 0 Å². The van der Waals surface area contributed by atoms with Gasteiger partial charge < -0.3 is 15.3 Å². The van der Waals surface area contributed by atoms with Crippen LogP contribution < -0.4 is 0 Å². The first-order valence-corrected chi connectivity index (χ1v) is 6.19. The SMILES string of the molecule is Cc1cc(O)c(O)cc1Cc1cc(C)c(O)c(C)c1. The summed E-state index contributed by atoms with van der Waals surface area (Å²) < 4.78 is 0. The molecule has 0 fully saturated rings. The molecule has 0 atom stereocenters. The van der Waals surface area contributed by atoms with Crippen molar-refractivity contribution in [3.8, 4) is 17.2 Å². The van der Waals surface area contributed by atoms with E-state index in [2.05, 4.69) is 0 Å². The molecule has 0 amide bonds. The van der Waals surface area contributed by atoms with Gasteiger partial charge >= 0.3 is 0 Å². The molecule has 2 aromatic rings. The summed E-state index contributed by atoms with van der Waals surface area (Å²) in [4.78, 5) is 0. The van der Waals surface area contributed by atoms with Crippen molar-refractivity contribution in [3.63, 3.8) is 0 Å². The van der Waals surface area contributed by atoms with E-state index in [0.29, 0.717) is 12.2 Å². The van der Waals surface area contributed by atoms with Gasteiger partial charge in [-0.25, -0.2) is 0 Å². The standard InChI is InChI=1S/C16H18O3/c1-9-6-14(17)15(18)8-13(9)7-12-4-10(2)16(19)11(3)5-12/h4-6,8,17-19H,7H2,1-3H3. The van der Waals surface area contributed by atoms with Crippen LogP contribution in [-0.2, 0) is 6.42 Å². The van der Waals surface area contributed by atoms with Crippen LogP contribution >= 0.6 is 0 Å². The van der Waals surface area contributed by atoms with E-state index in [9.17, 15) is 15.3 Å². The van der Waals surface area contributed by atoms with Gasteiger partial charge in [-0.1, -0.05) is 12.1 Å². The summed E-state index contributed by atoms with van der Waals surface area (Å²) in [7, 11) is 0. The van der Waals surface area contributed by atoms with Gasteiger partial charge in [0.25, 0.3) is 0 Å². The van der Waals surface area contributed by atoms with Crippen LogP contribution in [-0.4, -0.2) is 15.3 Å². The van der Waals surface area contributed by atoms with E-state index in [1.807, 2.05) is 32.9 Å². The topological polar surface area (TPSA) is 60.7 Å². The molecule has 3 N–H and O–H groups in total. The fraction of sp³-hybridized carbons (Fsp3) is 0.250. The maximum absolute atomic E-state index is 9.76. The molecular formula is C16H18O3. The van der Waals surface area contributed by atoms with Crippen molar-refractivity contribution in [3.05, 3.63) is 52.1 Å². The van der Waals surface area contributed by atoms with Crippen molar-refractivity contribution in [2.24, 2.45) is 0 Å². The van der Waals surface area contributed by atoms with Gasteiger partial charge in [-0.2, -0.15) is 0 Å². The monoisotopic (exact) mass is 258 g/mol. The van der Waals surface area contributed by atoms with Crippen molar-refractivity contribution < 1.29 is 15.3 Å². The van der Waals surface area contributed by atoms with Gasteiger partial charge in [-0.3, -0.25) is 0 Å². The minimum Gasteiger partial charge on any atom is -0.507 e. The summed E-state index contributed by atoms with van der Waals surface area (Å²) in [6.45, 7) is 5.63. The van der Waals surface area contributed by atoms with Gasteiger partial charge in [0.2, 0.25) is 0 Å². The first-order chi connectivity index (χ1) is 8.88. The molecule has 0 aliphatic heterocycles. The predicted molar refractivity (Wildman–Crippen MR) is 74.9 cm³/mol. The summed E-state index contributed by atoms with van der Waals surface area (Å²) >= 11 is 0. The number of phenols is 3. The highest BCUT2D eigenvalue weighted by atomic mass is 16.3. The van der Waals surface area contributed by atoms with Crippen LogP contribution in [0.5, 0.6) is 17.2 Å². The van der Waals surface area contributed by atoms with Crippen molar-refractivity contribution >= 4 is 0 Å². The Morgan fingerprint density at radius 3 is 1.84 bits per heavy atom. The second kappa shape index (κ2) is 4.84. The zero-order valence-electron chi connectivity index (χ0n) is 11.4. The molecule has 3 heteroatoms. The molecule has 0 bridgehead atoms. The number of aromatic hydroxyl groups is 3. The number of benzene rings is 2. The Morgan fingerprint density at radius 1 is 0.737 bits per heavy atom. The number of phenolic OH excluding ortho intramolecular Hbond substituents is 3. The fourth-order valence-electron chi connectivity index (χ4n) is 2.28. The molecule has 0 unspecified atom stereocenters. The van der Waals surface area contributed by atoms with Crippen molar-refractivity contribution in [2.45, 2.75) is 27.2 Å². The molecule has 0 aromatic heterocycles. The summed E-state index contributed by atoms with van der Waals surface area (Å²) in [6.07, 6.45) is 0.654. The Bertz CT molecular complexity index is 607. The molecule has 0 heterocycles. The molecule has 19 heavy (non-hydrogen) atoms. The third-order valence-corrected chi connectivity index (χ3v) is 3.38. The number of rotatable bonds is 2. The molecule has 0 saturated carbocycles. The molecule has 0 spiro atoms. The third kappa shape index (κ3) is 2.65. The minimum atomic E-state index is -0.104. The van der Waals surface area contributed by atoms with E-state index >= 15 is 0 Å². The van der Waals surface area contributed by atoms with E-state index in [0.717, 1.165) is 27.8 Å². The molecular weight excluding hydrogens is 240 g/mol.